The van der Waals surface area contributed by atoms with E-state index in [2.05, 4.69) is 44.6 Å². The summed E-state index contributed by atoms with van der Waals surface area (Å²) in [5, 5.41) is 10.7. The highest BCUT2D eigenvalue weighted by Gasteiger charge is 2.05. The van der Waals surface area contributed by atoms with Crippen LogP contribution in [0.3, 0.4) is 0 Å². The molecule has 0 saturated carbocycles. The van der Waals surface area contributed by atoms with E-state index in [1.54, 1.807) is 17.7 Å². The number of anilines is 1. The van der Waals surface area contributed by atoms with Crippen LogP contribution in [-0.2, 0) is 13.6 Å². The Morgan fingerprint density at radius 3 is 3.00 bits per heavy atom. The van der Waals surface area contributed by atoms with E-state index in [0.29, 0.717) is 0 Å². The predicted molar refractivity (Wildman–Crippen MR) is 93.4 cm³/mol. The molecule has 4 aromatic rings. The third-order valence-corrected chi connectivity index (χ3v) is 4.51. The zero-order valence-corrected chi connectivity index (χ0v) is 13.4. The third kappa shape index (κ3) is 2.80. The fourth-order valence-electron chi connectivity index (χ4n) is 2.55. The van der Waals surface area contributed by atoms with Crippen molar-refractivity contribution in [2.75, 3.05) is 5.32 Å². The second-order valence-electron chi connectivity index (χ2n) is 5.32. The van der Waals surface area contributed by atoms with Crippen LogP contribution < -0.4 is 5.32 Å². The number of aromatic nitrogens is 4. The number of hydrogen-bond acceptors (Lipinski definition) is 5. The van der Waals surface area contributed by atoms with Crippen molar-refractivity contribution < 1.29 is 0 Å². The lowest BCUT2D eigenvalue weighted by Gasteiger charge is -2.08. The highest BCUT2D eigenvalue weighted by Crippen LogP contribution is 2.25. The minimum Gasteiger partial charge on any atom is -0.365 e. The number of fused-ring (bicyclic) bond motifs is 1. The highest BCUT2D eigenvalue weighted by molar-refractivity contribution is 7.16. The molecule has 6 heteroatoms. The normalized spacial score (nSPS) is 11.0. The summed E-state index contributed by atoms with van der Waals surface area (Å²) in [4.78, 5) is 9.63. The van der Waals surface area contributed by atoms with E-state index >= 15 is 0 Å². The van der Waals surface area contributed by atoms with E-state index in [1.807, 2.05) is 35.6 Å². The molecule has 114 valence electrons. The molecule has 1 aromatic carbocycles. The van der Waals surface area contributed by atoms with Gasteiger partial charge in [0.15, 0.2) is 0 Å². The van der Waals surface area contributed by atoms with Crippen LogP contribution in [0.4, 0.5) is 5.82 Å². The van der Waals surface area contributed by atoms with Crippen molar-refractivity contribution in [3.8, 4) is 11.1 Å². The smallest absolute Gasteiger partial charge is 0.138 e. The van der Waals surface area contributed by atoms with Crippen LogP contribution in [-0.4, -0.2) is 19.7 Å². The summed E-state index contributed by atoms with van der Waals surface area (Å²) in [6, 6.07) is 10.5. The lowest BCUT2D eigenvalue weighted by atomic mass is 10.1. The summed E-state index contributed by atoms with van der Waals surface area (Å²) in [7, 11) is 1.93. The maximum Gasteiger partial charge on any atom is 0.138 e. The number of rotatable bonds is 4. The van der Waals surface area contributed by atoms with Gasteiger partial charge in [0.05, 0.1) is 11.6 Å². The van der Waals surface area contributed by atoms with Gasteiger partial charge in [-0.3, -0.25) is 4.68 Å². The molecule has 5 nitrogen and oxygen atoms in total. The fourth-order valence-corrected chi connectivity index (χ4v) is 3.28. The van der Waals surface area contributed by atoms with Gasteiger partial charge in [0, 0.05) is 25.4 Å². The van der Waals surface area contributed by atoms with Crippen LogP contribution in [0, 0.1) is 0 Å². The molecular weight excluding hydrogens is 306 g/mol. The van der Waals surface area contributed by atoms with Crippen LogP contribution in [0.5, 0.6) is 0 Å². The molecule has 3 heterocycles. The van der Waals surface area contributed by atoms with E-state index in [4.69, 9.17) is 0 Å². The molecule has 1 N–H and O–H groups in total. The molecule has 0 aliphatic carbocycles. The van der Waals surface area contributed by atoms with Gasteiger partial charge in [0.1, 0.15) is 17.0 Å². The summed E-state index contributed by atoms with van der Waals surface area (Å²) in [6.45, 7) is 0.718. The minimum atomic E-state index is 0.718. The Morgan fingerprint density at radius 2 is 2.13 bits per heavy atom. The number of hydrogen-bond donors (Lipinski definition) is 1. The van der Waals surface area contributed by atoms with Crippen molar-refractivity contribution in [2.24, 2.45) is 7.05 Å². The van der Waals surface area contributed by atoms with Crippen molar-refractivity contribution in [1.82, 2.24) is 19.7 Å². The Balaban J connectivity index is 1.56. The molecule has 0 radical (unpaired) electrons. The SMILES string of the molecule is Cn1cc(-c2cccc(CNc3ncnc4sccc34)c2)cn1. The van der Waals surface area contributed by atoms with Crippen LogP contribution in [0.25, 0.3) is 21.3 Å². The van der Waals surface area contributed by atoms with Crippen molar-refractivity contribution in [3.63, 3.8) is 0 Å². The van der Waals surface area contributed by atoms with E-state index in [0.717, 1.165) is 28.1 Å². The Hall–Kier alpha value is -2.73. The van der Waals surface area contributed by atoms with Gasteiger partial charge >= 0.3 is 0 Å². The second kappa shape index (κ2) is 5.81. The topological polar surface area (TPSA) is 55.6 Å². The van der Waals surface area contributed by atoms with Gasteiger partial charge in [-0.25, -0.2) is 9.97 Å². The minimum absolute atomic E-state index is 0.718. The Bertz CT molecular complexity index is 956. The Morgan fingerprint density at radius 1 is 1.17 bits per heavy atom. The molecule has 4 rings (SSSR count). The second-order valence-corrected chi connectivity index (χ2v) is 6.21. The van der Waals surface area contributed by atoms with Crippen LogP contribution >= 0.6 is 11.3 Å². The van der Waals surface area contributed by atoms with Gasteiger partial charge in [-0.05, 0) is 28.6 Å². The van der Waals surface area contributed by atoms with Crippen molar-refractivity contribution in [2.45, 2.75) is 6.54 Å². The van der Waals surface area contributed by atoms with Crippen LogP contribution in [0.15, 0.2) is 54.4 Å². The average molecular weight is 321 g/mol. The predicted octanol–water partition coefficient (Wildman–Crippen LogP) is 3.70. The Labute approximate surface area is 137 Å². The molecule has 0 unspecified atom stereocenters. The van der Waals surface area contributed by atoms with Crippen molar-refractivity contribution >= 4 is 27.4 Å². The first-order valence-corrected chi connectivity index (χ1v) is 8.17. The molecule has 0 spiro atoms. The van der Waals surface area contributed by atoms with Crippen LogP contribution in [0.1, 0.15) is 5.56 Å². The first-order valence-electron chi connectivity index (χ1n) is 7.29. The summed E-state index contributed by atoms with van der Waals surface area (Å²) in [6.07, 6.45) is 5.50. The van der Waals surface area contributed by atoms with E-state index in [-0.39, 0.29) is 0 Å². The largest absolute Gasteiger partial charge is 0.365 e. The monoisotopic (exact) mass is 321 g/mol. The van der Waals surface area contributed by atoms with E-state index in [9.17, 15) is 0 Å². The lowest BCUT2D eigenvalue weighted by molar-refractivity contribution is 0.768. The van der Waals surface area contributed by atoms with Gasteiger partial charge in [-0.1, -0.05) is 18.2 Å². The molecule has 0 aliphatic rings. The molecule has 0 aliphatic heterocycles. The Kier molecular flexibility index (Phi) is 3.51. The van der Waals surface area contributed by atoms with Gasteiger partial charge in [-0.2, -0.15) is 5.10 Å². The summed E-state index contributed by atoms with van der Waals surface area (Å²) in [5.74, 6) is 0.878. The van der Waals surface area contributed by atoms with Crippen LogP contribution in [0.2, 0.25) is 0 Å². The molecule has 0 atom stereocenters. The van der Waals surface area contributed by atoms with Gasteiger partial charge in [0.2, 0.25) is 0 Å². The fraction of sp³-hybridized carbons (Fsp3) is 0.118. The molecule has 0 fully saturated rings. The highest BCUT2D eigenvalue weighted by atomic mass is 32.1. The molecule has 23 heavy (non-hydrogen) atoms. The first kappa shape index (κ1) is 13.9. The number of nitrogens with one attached hydrogen (secondary N) is 1. The molecule has 0 bridgehead atoms. The standard InChI is InChI=1S/C17H15N5S/c1-22-10-14(9-21-22)13-4-2-3-12(7-13)8-18-16-15-5-6-23-17(15)20-11-19-16/h2-7,9-11H,8H2,1H3,(H,18,19,20). The summed E-state index contributed by atoms with van der Waals surface area (Å²) < 4.78 is 1.81. The zero-order valence-electron chi connectivity index (χ0n) is 12.6. The quantitative estimate of drug-likeness (QED) is 0.622. The van der Waals surface area contributed by atoms with E-state index < -0.39 is 0 Å². The molecule has 0 saturated heterocycles. The number of aryl methyl sites for hydroxylation is 1. The van der Waals surface area contributed by atoms with Gasteiger partial charge in [-0.15, -0.1) is 11.3 Å². The third-order valence-electron chi connectivity index (χ3n) is 3.69. The number of thiophene rings is 1. The number of benzene rings is 1. The van der Waals surface area contributed by atoms with Gasteiger partial charge < -0.3 is 5.32 Å². The van der Waals surface area contributed by atoms with Crippen molar-refractivity contribution in [1.29, 1.82) is 0 Å². The summed E-state index contributed by atoms with van der Waals surface area (Å²) in [5.41, 5.74) is 3.49. The van der Waals surface area contributed by atoms with E-state index in [1.165, 1.54) is 11.1 Å². The number of nitrogens with zero attached hydrogens (tertiary/aromatic N) is 4. The molecule has 3 aromatic heterocycles. The lowest BCUT2D eigenvalue weighted by Crippen LogP contribution is -2.02. The summed E-state index contributed by atoms with van der Waals surface area (Å²) >= 11 is 1.62. The zero-order chi connectivity index (χ0) is 15.6. The molecule has 0 amide bonds. The molecular formula is C17H15N5S. The van der Waals surface area contributed by atoms with Gasteiger partial charge in [0.25, 0.3) is 0 Å². The first-order chi connectivity index (χ1) is 11.3. The average Bonchev–Trinajstić information content (AvgIpc) is 3.22. The van der Waals surface area contributed by atoms with Crippen molar-refractivity contribution in [3.05, 3.63) is 60.0 Å². The maximum atomic E-state index is 4.35. The maximum absolute atomic E-state index is 4.35.